The average molecular weight is 354 g/mol. The van der Waals surface area contributed by atoms with Gasteiger partial charge in [-0.05, 0) is 44.4 Å². The van der Waals surface area contributed by atoms with E-state index >= 15 is 0 Å². The van der Waals surface area contributed by atoms with Gasteiger partial charge in [0.15, 0.2) is 0 Å². The van der Waals surface area contributed by atoms with Crippen molar-refractivity contribution in [3.05, 3.63) is 34.3 Å². The third kappa shape index (κ3) is 3.63. The SMILES string of the molecule is CC#CC(O)(CC1CCCC1)C(=O)Nc1ccc2c(=O)onc(C)c2c1. The second kappa shape index (κ2) is 7.30. The van der Waals surface area contributed by atoms with Crippen molar-refractivity contribution in [1.29, 1.82) is 0 Å². The summed E-state index contributed by atoms with van der Waals surface area (Å²) in [6, 6.07) is 4.83. The van der Waals surface area contributed by atoms with E-state index in [1.165, 1.54) is 0 Å². The molecule has 2 aromatic rings. The highest BCUT2D eigenvalue weighted by molar-refractivity contribution is 6.01. The van der Waals surface area contributed by atoms with Crippen LogP contribution in [0.25, 0.3) is 10.8 Å². The summed E-state index contributed by atoms with van der Waals surface area (Å²) in [5.74, 6) is 5.11. The summed E-state index contributed by atoms with van der Waals surface area (Å²) in [5.41, 5.74) is -1.23. The van der Waals surface area contributed by atoms with Crippen LogP contribution < -0.4 is 10.9 Å². The lowest BCUT2D eigenvalue weighted by atomic mass is 9.89. The Morgan fingerprint density at radius 2 is 2.12 bits per heavy atom. The molecule has 1 atom stereocenters. The molecule has 1 aliphatic rings. The number of carbonyl (C=O) groups excluding carboxylic acids is 1. The van der Waals surface area contributed by atoms with Crippen molar-refractivity contribution in [3.8, 4) is 11.8 Å². The molecule has 1 unspecified atom stereocenters. The summed E-state index contributed by atoms with van der Waals surface area (Å²) in [5, 5.41) is 18.3. The summed E-state index contributed by atoms with van der Waals surface area (Å²) >= 11 is 0. The Hall–Kier alpha value is -2.65. The van der Waals surface area contributed by atoms with E-state index in [-0.39, 0.29) is 0 Å². The van der Waals surface area contributed by atoms with Gasteiger partial charge in [-0.15, -0.1) is 5.92 Å². The van der Waals surface area contributed by atoms with E-state index in [1.807, 2.05) is 0 Å². The highest BCUT2D eigenvalue weighted by atomic mass is 16.5. The van der Waals surface area contributed by atoms with Gasteiger partial charge in [-0.2, -0.15) is 0 Å². The van der Waals surface area contributed by atoms with Crippen LogP contribution in [0.15, 0.2) is 27.5 Å². The molecule has 1 aliphatic carbocycles. The fraction of sp³-hybridized carbons (Fsp3) is 0.450. The van der Waals surface area contributed by atoms with Crippen molar-refractivity contribution in [3.63, 3.8) is 0 Å². The number of aromatic nitrogens is 1. The minimum Gasteiger partial charge on any atom is -0.369 e. The summed E-state index contributed by atoms with van der Waals surface area (Å²) < 4.78 is 4.70. The second-order valence-electron chi connectivity index (χ2n) is 6.86. The Morgan fingerprint density at radius 3 is 2.81 bits per heavy atom. The van der Waals surface area contributed by atoms with Crippen LogP contribution in [0.3, 0.4) is 0 Å². The molecule has 1 heterocycles. The number of hydrogen-bond acceptors (Lipinski definition) is 5. The Bertz CT molecular complexity index is 948. The van der Waals surface area contributed by atoms with Crippen LogP contribution in [0.5, 0.6) is 0 Å². The molecule has 0 radical (unpaired) electrons. The number of carbonyl (C=O) groups is 1. The molecule has 1 saturated carbocycles. The van der Waals surface area contributed by atoms with Gasteiger partial charge in [-0.1, -0.05) is 36.8 Å². The second-order valence-corrected chi connectivity index (χ2v) is 6.86. The van der Waals surface area contributed by atoms with Crippen LogP contribution in [0.2, 0.25) is 0 Å². The molecule has 3 rings (SSSR count). The van der Waals surface area contributed by atoms with Gasteiger partial charge < -0.3 is 14.9 Å². The number of aliphatic hydroxyl groups is 1. The summed E-state index contributed by atoms with van der Waals surface area (Å²) in [7, 11) is 0. The molecule has 26 heavy (non-hydrogen) atoms. The van der Waals surface area contributed by atoms with Crippen LogP contribution in [0.1, 0.15) is 44.7 Å². The first kappa shape index (κ1) is 18.2. The quantitative estimate of drug-likeness (QED) is 0.824. The van der Waals surface area contributed by atoms with E-state index in [0.717, 1.165) is 25.7 Å². The minimum atomic E-state index is -1.72. The number of aryl methyl sites for hydroxylation is 1. The normalized spacial score (nSPS) is 16.7. The number of nitrogens with one attached hydrogen (secondary N) is 1. The van der Waals surface area contributed by atoms with Crippen LogP contribution in [-0.4, -0.2) is 21.8 Å². The van der Waals surface area contributed by atoms with Gasteiger partial charge in [-0.3, -0.25) is 4.79 Å². The first-order valence-electron chi connectivity index (χ1n) is 8.81. The zero-order chi connectivity index (χ0) is 18.7. The summed E-state index contributed by atoms with van der Waals surface area (Å²) in [4.78, 5) is 24.5. The first-order chi connectivity index (χ1) is 12.4. The van der Waals surface area contributed by atoms with Gasteiger partial charge in [0.2, 0.25) is 5.60 Å². The van der Waals surface area contributed by atoms with E-state index in [4.69, 9.17) is 4.52 Å². The topological polar surface area (TPSA) is 92.4 Å². The first-order valence-corrected chi connectivity index (χ1v) is 8.81. The van der Waals surface area contributed by atoms with Crippen LogP contribution >= 0.6 is 0 Å². The molecular weight excluding hydrogens is 332 g/mol. The van der Waals surface area contributed by atoms with E-state index in [2.05, 4.69) is 22.3 Å². The summed E-state index contributed by atoms with van der Waals surface area (Å²) in [6.07, 6.45) is 4.61. The van der Waals surface area contributed by atoms with E-state index in [0.29, 0.717) is 34.5 Å². The molecule has 6 nitrogen and oxygen atoms in total. The maximum atomic E-state index is 12.7. The van der Waals surface area contributed by atoms with Crippen molar-refractivity contribution >= 4 is 22.4 Å². The number of hydrogen-bond donors (Lipinski definition) is 2. The number of amides is 1. The highest BCUT2D eigenvalue weighted by Crippen LogP contribution is 2.32. The van der Waals surface area contributed by atoms with E-state index in [9.17, 15) is 14.7 Å². The molecule has 0 spiro atoms. The number of nitrogens with zero attached hydrogens (tertiary/aromatic N) is 1. The zero-order valence-electron chi connectivity index (χ0n) is 15.0. The number of rotatable bonds is 4. The van der Waals surface area contributed by atoms with Crippen molar-refractivity contribution < 1.29 is 14.4 Å². The number of fused-ring (bicyclic) bond motifs is 1. The fourth-order valence-electron chi connectivity index (χ4n) is 3.58. The van der Waals surface area contributed by atoms with Crippen molar-refractivity contribution in [1.82, 2.24) is 5.16 Å². The van der Waals surface area contributed by atoms with E-state index < -0.39 is 17.1 Å². The molecule has 136 valence electrons. The molecule has 0 saturated heterocycles. The minimum absolute atomic E-state index is 0.305. The standard InChI is InChI=1S/C20H22N2O4/c1-3-10-20(25,12-14-6-4-5-7-14)19(24)21-15-8-9-16-17(11-15)13(2)22-26-18(16)23/h8-9,11,14,25H,4-7,12H2,1-2H3,(H,21,24). The highest BCUT2D eigenvalue weighted by Gasteiger charge is 2.37. The maximum Gasteiger partial charge on any atom is 0.366 e. The lowest BCUT2D eigenvalue weighted by Crippen LogP contribution is -2.43. The molecular formula is C20H22N2O4. The molecule has 6 heteroatoms. The van der Waals surface area contributed by atoms with Crippen LogP contribution in [0, 0.1) is 24.7 Å². The van der Waals surface area contributed by atoms with Gasteiger partial charge in [0.05, 0.1) is 11.1 Å². The third-order valence-electron chi connectivity index (χ3n) is 4.92. The molecule has 1 aromatic heterocycles. The molecule has 0 aliphatic heterocycles. The molecule has 0 bridgehead atoms. The third-order valence-corrected chi connectivity index (χ3v) is 4.92. The predicted molar refractivity (Wildman–Crippen MR) is 98.6 cm³/mol. The predicted octanol–water partition coefficient (Wildman–Crippen LogP) is 2.77. The van der Waals surface area contributed by atoms with Gasteiger partial charge in [-0.25, -0.2) is 4.79 Å². The van der Waals surface area contributed by atoms with Crippen molar-refractivity contribution in [2.45, 2.75) is 51.6 Å². The monoisotopic (exact) mass is 354 g/mol. The molecule has 1 amide bonds. The lowest BCUT2D eigenvalue weighted by molar-refractivity contribution is -0.130. The van der Waals surface area contributed by atoms with Gasteiger partial charge in [0.1, 0.15) is 0 Å². The lowest BCUT2D eigenvalue weighted by Gasteiger charge is -2.24. The van der Waals surface area contributed by atoms with Gasteiger partial charge in [0.25, 0.3) is 5.91 Å². The number of anilines is 1. The van der Waals surface area contributed by atoms with Crippen molar-refractivity contribution in [2.75, 3.05) is 5.32 Å². The smallest absolute Gasteiger partial charge is 0.366 e. The van der Waals surface area contributed by atoms with Gasteiger partial charge >= 0.3 is 5.63 Å². The summed E-state index contributed by atoms with van der Waals surface area (Å²) in [6.45, 7) is 3.33. The van der Waals surface area contributed by atoms with Crippen molar-refractivity contribution in [2.24, 2.45) is 5.92 Å². The Balaban J connectivity index is 1.86. The molecule has 1 fully saturated rings. The maximum absolute atomic E-state index is 12.7. The fourth-order valence-corrected chi connectivity index (χ4v) is 3.58. The Morgan fingerprint density at radius 1 is 1.38 bits per heavy atom. The largest absolute Gasteiger partial charge is 0.369 e. The number of benzene rings is 1. The Labute approximate surface area is 151 Å². The Kier molecular flexibility index (Phi) is 5.10. The van der Waals surface area contributed by atoms with E-state index in [1.54, 1.807) is 32.0 Å². The molecule has 1 aromatic carbocycles. The van der Waals surface area contributed by atoms with Gasteiger partial charge in [0, 0.05) is 11.1 Å². The van der Waals surface area contributed by atoms with Crippen LogP contribution in [-0.2, 0) is 4.79 Å². The zero-order valence-corrected chi connectivity index (χ0v) is 15.0. The molecule has 2 N–H and O–H groups in total. The van der Waals surface area contributed by atoms with Crippen LogP contribution in [0.4, 0.5) is 5.69 Å². The average Bonchev–Trinajstić information content (AvgIpc) is 3.11.